The summed E-state index contributed by atoms with van der Waals surface area (Å²) < 4.78 is 7.26. The molecule has 0 aliphatic carbocycles. The normalized spacial score (nSPS) is 18.3. The maximum absolute atomic E-state index is 12.8. The summed E-state index contributed by atoms with van der Waals surface area (Å²) in [5.74, 6) is -1.50. The Balaban J connectivity index is 1.45. The van der Waals surface area contributed by atoms with Crippen molar-refractivity contribution in [2.24, 2.45) is 0 Å². The lowest BCUT2D eigenvalue weighted by Crippen LogP contribution is -2.52. The van der Waals surface area contributed by atoms with Gasteiger partial charge in [0.2, 0.25) is 11.8 Å². The number of aliphatic carboxylic acids is 1. The molecule has 1 unspecified atom stereocenters. The van der Waals surface area contributed by atoms with Gasteiger partial charge in [-0.3, -0.25) is 29.2 Å². The summed E-state index contributed by atoms with van der Waals surface area (Å²) in [5, 5.41) is 18.8. The van der Waals surface area contributed by atoms with E-state index in [1.807, 2.05) is 0 Å². The lowest BCUT2D eigenvalue weighted by molar-refractivity contribution is -0.138. The van der Waals surface area contributed by atoms with Crippen molar-refractivity contribution >= 4 is 23.7 Å². The Hall–Kier alpha value is -3.76. The number of carbonyl (C=O) groups is 4. The van der Waals surface area contributed by atoms with Gasteiger partial charge in [0.25, 0.3) is 5.91 Å². The average Bonchev–Trinajstić information content (AvgIpc) is 3.30. The third-order valence-electron chi connectivity index (χ3n) is 5.06. The molecule has 11 nitrogen and oxygen atoms in total. The highest BCUT2D eigenvalue weighted by Gasteiger charge is 2.40. The van der Waals surface area contributed by atoms with Crippen LogP contribution in [-0.4, -0.2) is 54.7 Å². The second-order valence-corrected chi connectivity index (χ2v) is 7.09. The summed E-state index contributed by atoms with van der Waals surface area (Å²) in [6.45, 7) is 0.510. The molecule has 2 N–H and O–H groups in total. The topological polar surface area (TPSA) is 144 Å². The van der Waals surface area contributed by atoms with Gasteiger partial charge in [-0.15, -0.1) is 5.10 Å². The van der Waals surface area contributed by atoms with E-state index in [1.165, 1.54) is 9.58 Å². The van der Waals surface area contributed by atoms with E-state index in [0.717, 1.165) is 0 Å². The molecular weight excluding hydrogens is 394 g/mol. The van der Waals surface area contributed by atoms with Crippen LogP contribution in [0.2, 0.25) is 0 Å². The Kier molecular flexibility index (Phi) is 5.17. The largest absolute Gasteiger partial charge is 0.487 e. The first-order valence-electron chi connectivity index (χ1n) is 9.42. The number of hydrogen-bond donors (Lipinski definition) is 2. The number of benzene rings is 1. The van der Waals surface area contributed by atoms with Crippen LogP contribution in [-0.2, 0) is 34.1 Å². The SMILES string of the molecule is O=C(O)CCn1cc(COc2cccc3c2CN(C2CCC(=O)NC2=O)C3=O)nn1. The van der Waals surface area contributed by atoms with Crippen molar-refractivity contribution in [3.63, 3.8) is 0 Å². The summed E-state index contributed by atoms with van der Waals surface area (Å²) >= 11 is 0. The molecule has 30 heavy (non-hydrogen) atoms. The van der Waals surface area contributed by atoms with Crippen molar-refractivity contribution in [2.45, 2.75) is 45.0 Å². The molecule has 1 aromatic heterocycles. The van der Waals surface area contributed by atoms with E-state index in [-0.39, 0.29) is 44.4 Å². The number of carbonyl (C=O) groups excluding carboxylic acids is 3. The molecule has 156 valence electrons. The van der Waals surface area contributed by atoms with Crippen LogP contribution in [0.4, 0.5) is 0 Å². The van der Waals surface area contributed by atoms with E-state index >= 15 is 0 Å². The zero-order valence-electron chi connectivity index (χ0n) is 15.9. The number of fused-ring (bicyclic) bond motifs is 1. The molecule has 2 aliphatic rings. The Morgan fingerprint density at radius 2 is 2.13 bits per heavy atom. The number of amides is 3. The van der Waals surface area contributed by atoms with Gasteiger partial charge in [0.05, 0.1) is 25.7 Å². The monoisotopic (exact) mass is 413 g/mol. The summed E-state index contributed by atoms with van der Waals surface area (Å²) in [6.07, 6.45) is 2.03. The number of nitrogens with zero attached hydrogens (tertiary/aromatic N) is 4. The predicted octanol–water partition coefficient (Wildman–Crippen LogP) is 0.0928. The van der Waals surface area contributed by atoms with Crippen LogP contribution >= 0.6 is 0 Å². The number of rotatable bonds is 7. The Bertz CT molecular complexity index is 1030. The highest BCUT2D eigenvalue weighted by Crippen LogP contribution is 2.33. The summed E-state index contributed by atoms with van der Waals surface area (Å²) in [4.78, 5) is 48.5. The van der Waals surface area contributed by atoms with Crippen molar-refractivity contribution in [2.75, 3.05) is 0 Å². The molecule has 2 aromatic rings. The third-order valence-corrected chi connectivity index (χ3v) is 5.06. The van der Waals surface area contributed by atoms with E-state index in [0.29, 0.717) is 29.0 Å². The smallest absolute Gasteiger partial charge is 0.305 e. The van der Waals surface area contributed by atoms with E-state index < -0.39 is 17.9 Å². The van der Waals surface area contributed by atoms with Crippen LogP contribution in [0.15, 0.2) is 24.4 Å². The minimum atomic E-state index is -0.923. The molecule has 3 heterocycles. The lowest BCUT2D eigenvalue weighted by Gasteiger charge is -2.29. The van der Waals surface area contributed by atoms with E-state index in [2.05, 4.69) is 15.6 Å². The Morgan fingerprint density at radius 1 is 1.30 bits per heavy atom. The number of nitrogens with one attached hydrogen (secondary N) is 1. The minimum absolute atomic E-state index is 0.0614. The zero-order chi connectivity index (χ0) is 21.3. The minimum Gasteiger partial charge on any atom is -0.487 e. The van der Waals surface area contributed by atoms with Crippen LogP contribution < -0.4 is 10.1 Å². The molecule has 0 spiro atoms. The second-order valence-electron chi connectivity index (χ2n) is 7.09. The summed E-state index contributed by atoms with van der Waals surface area (Å²) in [7, 11) is 0. The van der Waals surface area contributed by atoms with E-state index in [9.17, 15) is 19.2 Å². The van der Waals surface area contributed by atoms with Gasteiger partial charge in [0.15, 0.2) is 0 Å². The second kappa shape index (κ2) is 7.93. The summed E-state index contributed by atoms with van der Waals surface area (Å²) in [6, 6.07) is 4.42. The first kappa shape index (κ1) is 19.6. The standard InChI is InChI=1S/C19H19N5O6/c25-16-5-4-14(18(28)20-16)24-9-13-12(19(24)29)2-1-3-15(13)30-10-11-8-23(22-21-11)7-6-17(26)27/h1-3,8,14H,4-7,9-10H2,(H,26,27)(H,20,25,28). The van der Waals surface area contributed by atoms with Gasteiger partial charge >= 0.3 is 5.97 Å². The zero-order valence-corrected chi connectivity index (χ0v) is 15.9. The molecule has 11 heteroatoms. The van der Waals surface area contributed by atoms with Gasteiger partial charge in [-0.25, -0.2) is 0 Å². The van der Waals surface area contributed by atoms with E-state index in [1.54, 1.807) is 24.4 Å². The van der Waals surface area contributed by atoms with Crippen molar-refractivity contribution in [3.8, 4) is 5.75 Å². The average molecular weight is 413 g/mol. The van der Waals surface area contributed by atoms with Gasteiger partial charge in [-0.05, 0) is 18.6 Å². The van der Waals surface area contributed by atoms with Crippen LogP contribution in [0.25, 0.3) is 0 Å². The molecule has 0 radical (unpaired) electrons. The molecule has 1 fully saturated rings. The number of hydrogen-bond acceptors (Lipinski definition) is 7. The molecule has 0 bridgehead atoms. The Labute approximate surface area is 170 Å². The van der Waals surface area contributed by atoms with Gasteiger partial charge in [-0.1, -0.05) is 11.3 Å². The van der Waals surface area contributed by atoms with E-state index in [4.69, 9.17) is 9.84 Å². The molecule has 1 atom stereocenters. The lowest BCUT2D eigenvalue weighted by atomic mass is 10.0. The Morgan fingerprint density at radius 3 is 2.90 bits per heavy atom. The highest BCUT2D eigenvalue weighted by atomic mass is 16.5. The third kappa shape index (κ3) is 3.86. The number of carboxylic acid groups (broad SMARTS) is 1. The van der Waals surface area contributed by atoms with Crippen molar-refractivity contribution in [1.82, 2.24) is 25.2 Å². The van der Waals surface area contributed by atoms with Crippen LogP contribution in [0.3, 0.4) is 0 Å². The number of imide groups is 1. The molecule has 3 amide bonds. The fraction of sp³-hybridized carbons (Fsp3) is 0.368. The maximum atomic E-state index is 12.8. The molecule has 2 aliphatic heterocycles. The van der Waals surface area contributed by atoms with Gasteiger partial charge in [0.1, 0.15) is 24.1 Å². The maximum Gasteiger partial charge on any atom is 0.305 e. The van der Waals surface area contributed by atoms with Gasteiger partial charge < -0.3 is 14.7 Å². The molecule has 1 aromatic carbocycles. The van der Waals surface area contributed by atoms with Crippen molar-refractivity contribution < 1.29 is 29.0 Å². The van der Waals surface area contributed by atoms with Crippen LogP contribution in [0.1, 0.15) is 40.9 Å². The van der Waals surface area contributed by atoms with Gasteiger partial charge in [0, 0.05) is 17.5 Å². The van der Waals surface area contributed by atoms with Crippen molar-refractivity contribution in [1.29, 1.82) is 0 Å². The number of piperidine rings is 1. The van der Waals surface area contributed by atoms with Crippen LogP contribution in [0, 0.1) is 0 Å². The first-order chi connectivity index (χ1) is 14.4. The number of carboxylic acids is 1. The fourth-order valence-electron chi connectivity index (χ4n) is 3.57. The quantitative estimate of drug-likeness (QED) is 0.608. The van der Waals surface area contributed by atoms with Crippen molar-refractivity contribution in [3.05, 3.63) is 41.2 Å². The number of ether oxygens (including phenoxy) is 1. The number of aromatic nitrogens is 3. The molecule has 0 saturated carbocycles. The fourth-order valence-corrected chi connectivity index (χ4v) is 3.57. The molecular formula is C19H19N5O6. The summed E-state index contributed by atoms with van der Waals surface area (Å²) in [5.41, 5.74) is 1.65. The predicted molar refractivity (Wildman–Crippen MR) is 99.1 cm³/mol. The molecule has 4 rings (SSSR count). The first-order valence-corrected chi connectivity index (χ1v) is 9.42. The highest BCUT2D eigenvalue weighted by molar-refractivity contribution is 6.05. The van der Waals surface area contributed by atoms with Gasteiger partial charge in [-0.2, -0.15) is 0 Å². The van der Waals surface area contributed by atoms with Crippen LogP contribution in [0.5, 0.6) is 5.75 Å². The molecule has 1 saturated heterocycles. The number of aryl methyl sites for hydroxylation is 1.